The number of fused-ring (bicyclic) bond motifs is 10. The maximum absolute atomic E-state index is 14.0. The predicted molar refractivity (Wildman–Crippen MR) is 291 cm³/mol. The first-order valence-electron chi connectivity index (χ1n) is 26.5. The minimum absolute atomic E-state index is 0.230. The molecule has 0 radical (unpaired) electrons. The van der Waals surface area contributed by atoms with E-state index in [4.69, 9.17) is 5.11 Å². The van der Waals surface area contributed by atoms with Crippen LogP contribution in [0.4, 0.5) is 17.1 Å². The van der Waals surface area contributed by atoms with E-state index in [1.54, 1.807) is 30.3 Å². The molecular weight excluding hydrogens is 913 g/mol. The highest BCUT2D eigenvalue weighted by Gasteiger charge is 2.43. The van der Waals surface area contributed by atoms with E-state index in [2.05, 4.69) is 85.0 Å². The predicted octanol–water partition coefficient (Wildman–Crippen LogP) is 13.0. The Bertz CT molecular complexity index is 3270. The van der Waals surface area contributed by atoms with Gasteiger partial charge in [-0.1, -0.05) is 112 Å². The van der Waals surface area contributed by atoms with E-state index < -0.39 is 17.5 Å². The molecule has 3 saturated carbocycles. The van der Waals surface area contributed by atoms with Crippen molar-refractivity contribution >= 4 is 68.7 Å². The third-order valence-electron chi connectivity index (χ3n) is 16.2. The molecule has 12 heteroatoms. The van der Waals surface area contributed by atoms with Gasteiger partial charge in [-0.15, -0.1) is 0 Å². The van der Waals surface area contributed by atoms with Crippen molar-refractivity contribution in [2.24, 2.45) is 0 Å². The summed E-state index contributed by atoms with van der Waals surface area (Å²) in [5.41, 5.74) is 13.6. The zero-order valence-electron chi connectivity index (χ0n) is 41.4. The van der Waals surface area contributed by atoms with Crippen LogP contribution in [0, 0.1) is 0 Å². The maximum atomic E-state index is 14.0. The average Bonchev–Trinajstić information content (AvgIpc) is 4.03. The number of nitrogens with one attached hydrogen (secondary N) is 4. The minimum atomic E-state index is -1.02. The van der Waals surface area contributed by atoms with Gasteiger partial charge in [0, 0.05) is 87.8 Å². The summed E-state index contributed by atoms with van der Waals surface area (Å²) >= 11 is 0. The van der Waals surface area contributed by atoms with Crippen molar-refractivity contribution < 1.29 is 29.4 Å². The van der Waals surface area contributed by atoms with Crippen molar-refractivity contribution in [1.29, 1.82) is 0 Å². The molecule has 2 aromatic heterocycles. The van der Waals surface area contributed by atoms with Crippen molar-refractivity contribution in [1.82, 2.24) is 14.5 Å². The number of rotatable bonds is 9. The van der Waals surface area contributed by atoms with Gasteiger partial charge in [-0.25, -0.2) is 9.59 Å². The fourth-order valence-corrected chi connectivity index (χ4v) is 12.7. The fourth-order valence-electron chi connectivity index (χ4n) is 12.7. The number of aromatic nitrogens is 2. The Morgan fingerprint density at radius 1 is 0.589 bits per heavy atom. The van der Waals surface area contributed by atoms with Crippen LogP contribution in [0.15, 0.2) is 115 Å². The number of para-hydroxylation sites is 2. The van der Waals surface area contributed by atoms with Crippen LogP contribution >= 0.6 is 0 Å². The van der Waals surface area contributed by atoms with Crippen LogP contribution in [0.5, 0.6) is 0 Å². The SMILES string of the molecule is O=C(O)/C=C/c1ccc(NC(=O)C2(NC(=O)c3ccc4c(C5CCCCC5)c5n(c4c3)CCNc3ccccc3-5)CCCC2)cc1.O=C(O)c1ccc2c(C3CCCCC3)c3n(c2c1)CCNc1ccccc1-3. The van der Waals surface area contributed by atoms with E-state index in [1.165, 1.54) is 120 Å². The number of aromatic carboxylic acids is 1. The number of nitrogens with zero attached hydrogens (tertiary/aromatic N) is 2. The molecule has 3 aliphatic carbocycles. The molecule has 0 atom stereocenters. The normalized spacial score (nSPS) is 17.4. The van der Waals surface area contributed by atoms with Crippen molar-refractivity contribution in [3.63, 3.8) is 0 Å². The highest BCUT2D eigenvalue weighted by molar-refractivity contribution is 6.06. The molecule has 12 nitrogen and oxygen atoms in total. The summed E-state index contributed by atoms with van der Waals surface area (Å²) in [4.78, 5) is 50.1. The number of hydrogen-bond acceptors (Lipinski definition) is 6. The van der Waals surface area contributed by atoms with Crippen molar-refractivity contribution in [2.45, 2.75) is 120 Å². The van der Waals surface area contributed by atoms with Gasteiger partial charge in [0.1, 0.15) is 5.54 Å². The zero-order chi connectivity index (χ0) is 50.1. The van der Waals surface area contributed by atoms with Crippen molar-refractivity contribution in [3.8, 4) is 22.5 Å². The number of carbonyl (C=O) groups excluding carboxylic acids is 2. The number of anilines is 3. The second-order valence-corrected chi connectivity index (χ2v) is 20.7. The molecule has 5 aromatic carbocycles. The maximum Gasteiger partial charge on any atom is 0.335 e. The van der Waals surface area contributed by atoms with Crippen LogP contribution in [0.1, 0.15) is 139 Å². The Morgan fingerprint density at radius 2 is 1.10 bits per heavy atom. The molecule has 0 saturated heterocycles. The minimum Gasteiger partial charge on any atom is -0.478 e. The average molecular weight is 977 g/mol. The van der Waals surface area contributed by atoms with Crippen LogP contribution in [0.3, 0.4) is 0 Å². The molecule has 3 fully saturated rings. The molecule has 2 amide bonds. The lowest BCUT2D eigenvalue weighted by atomic mass is 9.81. The van der Waals surface area contributed by atoms with Crippen LogP contribution < -0.4 is 21.3 Å². The molecule has 12 rings (SSSR count). The lowest BCUT2D eigenvalue weighted by Gasteiger charge is -2.29. The van der Waals surface area contributed by atoms with Gasteiger partial charge in [0.25, 0.3) is 5.91 Å². The Morgan fingerprint density at radius 3 is 1.62 bits per heavy atom. The summed E-state index contributed by atoms with van der Waals surface area (Å²) in [7, 11) is 0. The topological polar surface area (TPSA) is 167 Å². The van der Waals surface area contributed by atoms with Gasteiger partial charge in [-0.2, -0.15) is 0 Å². The second kappa shape index (κ2) is 20.5. The molecule has 2 aliphatic heterocycles. The molecule has 0 unspecified atom stereocenters. The van der Waals surface area contributed by atoms with E-state index in [9.17, 15) is 24.3 Å². The molecule has 5 aliphatic rings. The van der Waals surface area contributed by atoms with Crippen LogP contribution in [0.25, 0.3) is 50.4 Å². The number of carboxylic acids is 2. The monoisotopic (exact) mass is 976 g/mol. The van der Waals surface area contributed by atoms with Crippen LogP contribution in [-0.4, -0.2) is 61.7 Å². The van der Waals surface area contributed by atoms with Gasteiger partial charge < -0.3 is 40.6 Å². The summed E-state index contributed by atoms with van der Waals surface area (Å²) in [6, 6.07) is 35.8. The highest BCUT2D eigenvalue weighted by atomic mass is 16.4. The summed E-state index contributed by atoms with van der Waals surface area (Å²) in [6.07, 6.45) is 17.9. The van der Waals surface area contributed by atoms with Gasteiger partial charge in [-0.3, -0.25) is 9.59 Å². The van der Waals surface area contributed by atoms with E-state index in [1.807, 2.05) is 24.3 Å². The van der Waals surface area contributed by atoms with Gasteiger partial charge >= 0.3 is 11.9 Å². The lowest BCUT2D eigenvalue weighted by molar-refractivity contribution is -0.131. The number of benzene rings is 5. The number of amides is 2. The van der Waals surface area contributed by atoms with Gasteiger partial charge in [0.05, 0.1) is 17.0 Å². The molecule has 4 heterocycles. The fraction of sp³-hybridized carbons (Fsp3) is 0.344. The summed E-state index contributed by atoms with van der Waals surface area (Å²) in [6.45, 7) is 3.29. The van der Waals surface area contributed by atoms with E-state index >= 15 is 0 Å². The number of aliphatic carboxylic acids is 1. The molecule has 7 aromatic rings. The Balaban J connectivity index is 0.000000180. The van der Waals surface area contributed by atoms with Gasteiger partial charge in [0.2, 0.25) is 5.91 Å². The molecule has 374 valence electrons. The molecule has 0 bridgehead atoms. The molecule has 6 N–H and O–H groups in total. The van der Waals surface area contributed by atoms with Crippen LogP contribution in [0.2, 0.25) is 0 Å². The summed E-state index contributed by atoms with van der Waals surface area (Å²) in [5.74, 6) is -1.30. The highest BCUT2D eigenvalue weighted by Crippen LogP contribution is 2.48. The first-order chi connectivity index (χ1) is 35.7. The van der Waals surface area contributed by atoms with Crippen molar-refractivity contribution in [3.05, 3.63) is 143 Å². The lowest BCUT2D eigenvalue weighted by Crippen LogP contribution is -2.55. The van der Waals surface area contributed by atoms with Crippen molar-refractivity contribution in [2.75, 3.05) is 29.0 Å². The Hall–Kier alpha value is -7.60. The number of carboxylic acid groups (broad SMARTS) is 2. The Labute approximate surface area is 425 Å². The van der Waals surface area contributed by atoms with Crippen LogP contribution in [-0.2, 0) is 22.7 Å². The van der Waals surface area contributed by atoms with Gasteiger partial charge in [-0.05, 0) is 122 Å². The molecular formula is C61H64N6O6. The first kappa shape index (κ1) is 47.7. The second-order valence-electron chi connectivity index (χ2n) is 20.7. The number of carbonyl (C=O) groups is 4. The van der Waals surface area contributed by atoms with E-state index in [0.29, 0.717) is 47.1 Å². The summed E-state index contributed by atoms with van der Waals surface area (Å²) < 4.78 is 4.76. The smallest absolute Gasteiger partial charge is 0.335 e. The third-order valence-corrected chi connectivity index (χ3v) is 16.2. The Kier molecular flexibility index (Phi) is 13.4. The standard InChI is InChI=1S/C38H40N4O4.C23H24N2O2/c43-33(44)19-14-25-12-16-28(17-13-25)40-37(46)38(20-6-7-21-38)41-36(45)27-15-18-30-32(24-27)42-23-22-39-31-11-5-4-10-29(31)35(42)34(30)26-8-2-1-3-9-26;26-23(27)16-10-11-18-20(14-16)25-13-12-24-19-9-5-4-8-17(19)22(25)21(18)15-6-2-1-3-7-15/h4-5,10-19,24,26,39H,1-3,6-9,20-23H2,(H,40,46)(H,41,45)(H,43,44);4-5,8-11,14-15,24H,1-3,6-7,12-13H2,(H,26,27)/b19-14+;. The zero-order valence-corrected chi connectivity index (χ0v) is 41.4. The largest absolute Gasteiger partial charge is 0.478 e. The van der Waals surface area contributed by atoms with E-state index in [0.717, 1.165) is 61.8 Å². The third kappa shape index (κ3) is 9.39. The molecule has 73 heavy (non-hydrogen) atoms. The molecule has 0 spiro atoms. The number of hydrogen-bond donors (Lipinski definition) is 6. The van der Waals surface area contributed by atoms with E-state index in [-0.39, 0.29) is 11.8 Å². The summed E-state index contributed by atoms with van der Waals surface area (Å²) in [5, 5.41) is 34.2. The quantitative estimate of drug-likeness (QED) is 0.0778. The first-order valence-corrected chi connectivity index (χ1v) is 26.5. The van der Waals surface area contributed by atoms with Gasteiger partial charge in [0.15, 0.2) is 0 Å².